The molecule has 7 nitrogen and oxygen atoms in total. The molecule has 1 fully saturated rings. The van der Waals surface area contributed by atoms with Crippen LogP contribution in [0, 0.1) is 0 Å². The van der Waals surface area contributed by atoms with Crippen LogP contribution in [0.25, 0.3) is 0 Å². The highest BCUT2D eigenvalue weighted by molar-refractivity contribution is 7.80. The first-order valence-electron chi connectivity index (χ1n) is 11.7. The molecule has 188 valence electrons. The van der Waals surface area contributed by atoms with Gasteiger partial charge in [-0.25, -0.2) is 0 Å². The summed E-state index contributed by atoms with van der Waals surface area (Å²) in [6.07, 6.45) is 3.06. The normalized spacial score (nSPS) is 17.5. The Balaban J connectivity index is 2.23. The van der Waals surface area contributed by atoms with E-state index < -0.39 is 0 Å². The smallest absolute Gasteiger partial charge is 0.203 e. The zero-order valence-electron chi connectivity index (χ0n) is 22.0. The van der Waals surface area contributed by atoms with E-state index in [2.05, 4.69) is 62.2 Å². The van der Waals surface area contributed by atoms with Crippen molar-refractivity contribution in [1.82, 2.24) is 20.4 Å². The molecule has 0 atom stereocenters. The van der Waals surface area contributed by atoms with Crippen molar-refractivity contribution >= 4 is 17.3 Å². The highest BCUT2D eigenvalue weighted by Gasteiger charge is 2.38. The van der Waals surface area contributed by atoms with E-state index in [9.17, 15) is 0 Å². The third-order valence-electron chi connectivity index (χ3n) is 5.94. The van der Waals surface area contributed by atoms with Gasteiger partial charge in [0.1, 0.15) is 0 Å². The van der Waals surface area contributed by atoms with Crippen LogP contribution in [0.4, 0.5) is 0 Å². The van der Waals surface area contributed by atoms with Gasteiger partial charge >= 0.3 is 0 Å². The van der Waals surface area contributed by atoms with Crippen LogP contribution in [-0.4, -0.2) is 80.5 Å². The molecular formula is C25H44N4O3S. The zero-order valence-corrected chi connectivity index (χ0v) is 22.8. The van der Waals surface area contributed by atoms with Gasteiger partial charge < -0.3 is 34.6 Å². The van der Waals surface area contributed by atoms with Gasteiger partial charge in [-0.2, -0.15) is 0 Å². The second-order valence-corrected chi connectivity index (χ2v) is 10.9. The summed E-state index contributed by atoms with van der Waals surface area (Å²) in [5, 5.41) is 8.22. The Morgan fingerprint density at radius 3 is 2.00 bits per heavy atom. The van der Waals surface area contributed by atoms with E-state index in [-0.39, 0.29) is 11.1 Å². The summed E-state index contributed by atoms with van der Waals surface area (Å²) in [6.45, 7) is 11.6. The minimum absolute atomic E-state index is 0.0570. The van der Waals surface area contributed by atoms with E-state index in [0.717, 1.165) is 43.0 Å². The van der Waals surface area contributed by atoms with Crippen LogP contribution in [-0.2, 0) is 6.54 Å². The number of benzene rings is 1. The van der Waals surface area contributed by atoms with Crippen molar-refractivity contribution in [2.24, 2.45) is 0 Å². The maximum absolute atomic E-state index is 5.95. The Hall–Kier alpha value is -1.77. The Labute approximate surface area is 206 Å². The van der Waals surface area contributed by atoms with Crippen molar-refractivity contribution in [2.45, 2.75) is 70.6 Å². The molecule has 1 saturated heterocycles. The molecule has 1 aromatic carbocycles. The Morgan fingerprint density at radius 1 is 1.00 bits per heavy atom. The molecule has 33 heavy (non-hydrogen) atoms. The molecule has 1 aliphatic heterocycles. The van der Waals surface area contributed by atoms with E-state index in [1.54, 1.807) is 21.3 Å². The average Bonchev–Trinajstić information content (AvgIpc) is 2.69. The molecule has 0 aliphatic carbocycles. The third kappa shape index (κ3) is 8.19. The van der Waals surface area contributed by atoms with Gasteiger partial charge in [0.25, 0.3) is 0 Å². The number of piperidine rings is 1. The number of rotatable bonds is 10. The van der Waals surface area contributed by atoms with Gasteiger partial charge in [-0.05, 0) is 97.5 Å². The lowest BCUT2D eigenvalue weighted by Gasteiger charge is -2.47. The number of hydrogen-bond donors (Lipinski definition) is 2. The van der Waals surface area contributed by atoms with Crippen molar-refractivity contribution < 1.29 is 14.2 Å². The SMILES string of the molecule is COc1cc(CN(CCCN(C)C)C(=S)NC2CC(C)(C)NC(C)(C)C2)cc(OC)c1OC. The number of methoxy groups -OCH3 is 3. The average molecular weight is 481 g/mol. The van der Waals surface area contributed by atoms with Gasteiger partial charge in [0.2, 0.25) is 5.75 Å². The standard InChI is InChI=1S/C25H44N4O3S/c1-24(2)15-19(16-25(3,4)27-24)26-23(33)29(12-10-11-28(5)6)17-18-13-20(30-7)22(32-9)21(14-18)31-8/h13-14,19,27H,10-12,15-17H2,1-9H3,(H,26,33). The molecule has 1 aliphatic rings. The van der Waals surface area contributed by atoms with Crippen LogP contribution in [0.2, 0.25) is 0 Å². The first kappa shape index (κ1) is 27.5. The maximum atomic E-state index is 5.95. The molecule has 1 aromatic rings. The summed E-state index contributed by atoms with van der Waals surface area (Å²) < 4.78 is 16.6. The molecular weight excluding hydrogens is 436 g/mol. The molecule has 2 N–H and O–H groups in total. The number of nitrogens with one attached hydrogen (secondary N) is 2. The highest BCUT2D eigenvalue weighted by atomic mass is 32.1. The van der Waals surface area contributed by atoms with Crippen LogP contribution in [0.3, 0.4) is 0 Å². The fourth-order valence-corrected chi connectivity index (χ4v) is 5.29. The van der Waals surface area contributed by atoms with E-state index in [1.165, 1.54) is 0 Å². The molecule has 0 amide bonds. The summed E-state index contributed by atoms with van der Waals surface area (Å²) in [4.78, 5) is 4.45. The van der Waals surface area contributed by atoms with Crippen LogP contribution in [0.15, 0.2) is 12.1 Å². The maximum Gasteiger partial charge on any atom is 0.203 e. The predicted molar refractivity (Wildman–Crippen MR) is 140 cm³/mol. The van der Waals surface area contributed by atoms with Crippen molar-refractivity contribution in [3.05, 3.63) is 17.7 Å². The Kier molecular flexibility index (Phi) is 9.64. The number of ether oxygens (including phenoxy) is 3. The molecule has 0 spiro atoms. The fraction of sp³-hybridized carbons (Fsp3) is 0.720. The molecule has 8 heteroatoms. The molecule has 1 heterocycles. The quantitative estimate of drug-likeness (QED) is 0.492. The number of thiocarbonyl (C=S) groups is 1. The molecule has 0 saturated carbocycles. The summed E-state index contributed by atoms with van der Waals surface area (Å²) in [6, 6.07) is 4.32. The van der Waals surface area contributed by atoms with Gasteiger partial charge in [-0.3, -0.25) is 0 Å². The topological polar surface area (TPSA) is 58.2 Å². The monoisotopic (exact) mass is 480 g/mol. The van der Waals surface area contributed by atoms with Crippen molar-refractivity contribution in [3.8, 4) is 17.2 Å². The van der Waals surface area contributed by atoms with E-state index in [4.69, 9.17) is 26.4 Å². The first-order valence-corrected chi connectivity index (χ1v) is 12.1. The van der Waals surface area contributed by atoms with E-state index in [0.29, 0.717) is 29.8 Å². The largest absolute Gasteiger partial charge is 0.493 e. The lowest BCUT2D eigenvalue weighted by molar-refractivity contribution is 0.153. The van der Waals surface area contributed by atoms with E-state index >= 15 is 0 Å². The van der Waals surface area contributed by atoms with Crippen LogP contribution in [0.5, 0.6) is 17.2 Å². The van der Waals surface area contributed by atoms with E-state index in [1.807, 2.05) is 12.1 Å². The molecule has 0 bridgehead atoms. The molecule has 0 unspecified atom stereocenters. The van der Waals surface area contributed by atoms with Gasteiger partial charge in [-0.15, -0.1) is 0 Å². The fourth-order valence-electron chi connectivity index (χ4n) is 4.97. The summed E-state index contributed by atoms with van der Waals surface area (Å²) in [5.74, 6) is 1.91. The van der Waals surface area contributed by atoms with Crippen molar-refractivity contribution in [2.75, 3.05) is 48.5 Å². The minimum atomic E-state index is 0.0570. The van der Waals surface area contributed by atoms with Gasteiger partial charge in [0.05, 0.1) is 21.3 Å². The van der Waals surface area contributed by atoms with Gasteiger partial charge in [-0.1, -0.05) is 0 Å². The van der Waals surface area contributed by atoms with Gasteiger partial charge in [0.15, 0.2) is 16.6 Å². The van der Waals surface area contributed by atoms with Crippen LogP contribution >= 0.6 is 12.2 Å². The number of nitrogens with zero attached hydrogens (tertiary/aromatic N) is 2. The Bertz CT molecular complexity index is 757. The van der Waals surface area contributed by atoms with Crippen LogP contribution < -0.4 is 24.8 Å². The lowest BCUT2D eigenvalue weighted by atomic mass is 9.80. The predicted octanol–water partition coefficient (Wildman–Crippen LogP) is 3.65. The highest BCUT2D eigenvalue weighted by Crippen LogP contribution is 2.38. The zero-order chi connectivity index (χ0) is 24.8. The van der Waals surface area contributed by atoms with Crippen molar-refractivity contribution in [1.29, 1.82) is 0 Å². The number of hydrogen-bond acceptors (Lipinski definition) is 6. The molecule has 0 aromatic heterocycles. The lowest BCUT2D eigenvalue weighted by Crippen LogP contribution is -2.62. The summed E-state index contributed by atoms with van der Waals surface area (Å²) in [7, 11) is 9.10. The van der Waals surface area contributed by atoms with Crippen molar-refractivity contribution in [3.63, 3.8) is 0 Å². The third-order valence-corrected chi connectivity index (χ3v) is 6.31. The Morgan fingerprint density at radius 2 is 1.55 bits per heavy atom. The first-order chi connectivity index (χ1) is 15.4. The summed E-state index contributed by atoms with van der Waals surface area (Å²) in [5.41, 5.74) is 1.17. The van der Waals surface area contributed by atoms with Crippen LogP contribution in [0.1, 0.15) is 52.5 Å². The molecule has 2 rings (SSSR count). The molecule has 0 radical (unpaired) electrons. The second kappa shape index (κ2) is 11.6. The minimum Gasteiger partial charge on any atom is -0.493 e. The second-order valence-electron chi connectivity index (χ2n) is 10.6. The van der Waals surface area contributed by atoms with Gasteiger partial charge in [0, 0.05) is 30.2 Å². The summed E-state index contributed by atoms with van der Waals surface area (Å²) >= 11 is 5.95.